The third kappa shape index (κ3) is 4.27. The van der Waals surface area contributed by atoms with Crippen LogP contribution in [0.4, 0.5) is 5.82 Å². The van der Waals surface area contributed by atoms with Crippen LogP contribution in [0.25, 0.3) is 0 Å². The van der Waals surface area contributed by atoms with Gasteiger partial charge in [-0.2, -0.15) is 0 Å². The van der Waals surface area contributed by atoms with Gasteiger partial charge in [-0.25, -0.2) is 14.9 Å². The normalized spacial score (nSPS) is 10.8. The van der Waals surface area contributed by atoms with E-state index in [9.17, 15) is 9.59 Å². The maximum Gasteiger partial charge on any atom is 0.343 e. The van der Waals surface area contributed by atoms with Crippen LogP contribution >= 0.6 is 35.0 Å². The number of hydrogen-bond donors (Lipinski definition) is 2. The number of pyridine rings is 1. The van der Waals surface area contributed by atoms with E-state index in [2.05, 4.69) is 20.5 Å². The highest BCUT2D eigenvalue weighted by molar-refractivity contribution is 7.99. The van der Waals surface area contributed by atoms with Gasteiger partial charge in [-0.15, -0.1) is 5.10 Å². The summed E-state index contributed by atoms with van der Waals surface area (Å²) in [7, 11) is 0. The number of anilines is 1. The first-order valence-electron chi connectivity index (χ1n) is 6.82. The van der Waals surface area contributed by atoms with E-state index in [1.54, 1.807) is 6.92 Å². The van der Waals surface area contributed by atoms with Gasteiger partial charge in [0, 0.05) is 12.7 Å². The minimum absolute atomic E-state index is 0.0771. The molecule has 0 unspecified atom stereocenters. The number of nitrogens with zero attached hydrogens (tertiary/aromatic N) is 3. The van der Waals surface area contributed by atoms with Gasteiger partial charge in [0.05, 0.1) is 15.8 Å². The number of H-pyrrole nitrogens is 1. The van der Waals surface area contributed by atoms with Crippen LogP contribution in [-0.4, -0.2) is 31.4 Å². The van der Waals surface area contributed by atoms with Crippen LogP contribution in [0.2, 0.25) is 10.0 Å². The first kappa shape index (κ1) is 17.8. The fourth-order valence-corrected chi connectivity index (χ4v) is 2.94. The van der Waals surface area contributed by atoms with Gasteiger partial charge in [-0.1, -0.05) is 41.9 Å². The molecule has 0 spiro atoms. The number of hydrogen-bond acceptors (Lipinski definition) is 5. The van der Waals surface area contributed by atoms with E-state index >= 15 is 0 Å². The molecule has 0 aliphatic heterocycles. The molecule has 2 rings (SSSR count). The molecule has 0 aliphatic rings. The van der Waals surface area contributed by atoms with Crippen molar-refractivity contribution in [2.45, 2.75) is 32.0 Å². The summed E-state index contributed by atoms with van der Waals surface area (Å²) in [5.74, 6) is 0.0324. The Hall–Kier alpha value is -1.51. The Balaban J connectivity index is 2.01. The molecule has 0 saturated heterocycles. The Labute approximate surface area is 146 Å². The van der Waals surface area contributed by atoms with Crippen molar-refractivity contribution >= 4 is 46.7 Å². The number of halogens is 2. The van der Waals surface area contributed by atoms with E-state index in [-0.39, 0.29) is 23.2 Å². The van der Waals surface area contributed by atoms with E-state index in [4.69, 9.17) is 23.2 Å². The molecule has 0 atom stereocenters. The van der Waals surface area contributed by atoms with Crippen molar-refractivity contribution in [2.75, 3.05) is 11.1 Å². The van der Waals surface area contributed by atoms with E-state index < -0.39 is 0 Å². The molecule has 0 radical (unpaired) electrons. The molecule has 1 amide bonds. The van der Waals surface area contributed by atoms with Crippen LogP contribution < -0.4 is 11.0 Å². The van der Waals surface area contributed by atoms with Crippen molar-refractivity contribution < 1.29 is 4.79 Å². The fourth-order valence-electron chi connectivity index (χ4n) is 1.78. The second kappa shape index (κ2) is 7.85. The summed E-state index contributed by atoms with van der Waals surface area (Å²) < 4.78 is 1.50. The molecule has 0 saturated carbocycles. The SMILES string of the molecule is CCCn1c(SCC(=O)Nc2ncc(Cl)c(C)c2Cl)n[nH]c1=O. The van der Waals surface area contributed by atoms with E-state index in [0.717, 1.165) is 18.2 Å². The number of aromatic nitrogens is 4. The Morgan fingerprint density at radius 3 is 2.91 bits per heavy atom. The molecule has 23 heavy (non-hydrogen) atoms. The van der Waals surface area contributed by atoms with Crippen LogP contribution in [0.5, 0.6) is 0 Å². The van der Waals surface area contributed by atoms with E-state index in [1.807, 2.05) is 6.92 Å². The summed E-state index contributed by atoms with van der Waals surface area (Å²) in [6, 6.07) is 0. The smallest absolute Gasteiger partial charge is 0.309 e. The van der Waals surface area contributed by atoms with Gasteiger partial charge in [0.1, 0.15) is 0 Å². The predicted octanol–water partition coefficient (Wildman–Crippen LogP) is 2.72. The molecule has 10 heteroatoms. The van der Waals surface area contributed by atoms with Gasteiger partial charge in [0.25, 0.3) is 0 Å². The lowest BCUT2D eigenvalue weighted by molar-refractivity contribution is -0.113. The topological polar surface area (TPSA) is 92.7 Å². The molecule has 0 aromatic carbocycles. The molecule has 7 nitrogen and oxygen atoms in total. The highest BCUT2D eigenvalue weighted by atomic mass is 35.5. The van der Waals surface area contributed by atoms with Crippen molar-refractivity contribution in [2.24, 2.45) is 0 Å². The monoisotopic (exact) mass is 375 g/mol. The summed E-state index contributed by atoms with van der Waals surface area (Å²) in [6.45, 7) is 4.24. The Kier molecular flexibility index (Phi) is 6.09. The zero-order valence-electron chi connectivity index (χ0n) is 12.5. The first-order chi connectivity index (χ1) is 10.9. The molecule has 0 aliphatic carbocycles. The summed E-state index contributed by atoms with van der Waals surface area (Å²) in [4.78, 5) is 27.6. The average molecular weight is 376 g/mol. The lowest BCUT2D eigenvalue weighted by Crippen LogP contribution is -2.19. The van der Waals surface area contributed by atoms with Crippen LogP contribution in [0.1, 0.15) is 18.9 Å². The third-order valence-electron chi connectivity index (χ3n) is 2.96. The first-order valence-corrected chi connectivity index (χ1v) is 8.56. The van der Waals surface area contributed by atoms with E-state index in [1.165, 1.54) is 10.8 Å². The number of rotatable bonds is 6. The molecule has 2 aromatic heterocycles. The largest absolute Gasteiger partial charge is 0.343 e. The highest BCUT2D eigenvalue weighted by Crippen LogP contribution is 2.28. The molecular formula is C13H15Cl2N5O2S. The van der Waals surface area contributed by atoms with Crippen LogP contribution in [0.3, 0.4) is 0 Å². The lowest BCUT2D eigenvalue weighted by atomic mass is 10.3. The zero-order valence-corrected chi connectivity index (χ0v) is 14.8. The summed E-state index contributed by atoms with van der Waals surface area (Å²) >= 11 is 13.2. The van der Waals surface area contributed by atoms with Gasteiger partial charge in [-0.3, -0.25) is 9.36 Å². The number of thioether (sulfide) groups is 1. The van der Waals surface area contributed by atoms with Crippen molar-refractivity contribution in [3.63, 3.8) is 0 Å². The average Bonchev–Trinajstić information content (AvgIpc) is 2.87. The minimum Gasteiger partial charge on any atom is -0.309 e. The quantitative estimate of drug-likeness (QED) is 0.757. The zero-order chi connectivity index (χ0) is 17.0. The van der Waals surface area contributed by atoms with Crippen molar-refractivity contribution in [1.82, 2.24) is 19.7 Å². The van der Waals surface area contributed by atoms with Crippen LogP contribution in [-0.2, 0) is 11.3 Å². The van der Waals surface area contributed by atoms with Gasteiger partial charge < -0.3 is 5.32 Å². The van der Waals surface area contributed by atoms with Crippen molar-refractivity contribution in [3.05, 3.63) is 32.3 Å². The molecule has 124 valence electrons. The lowest BCUT2D eigenvalue weighted by Gasteiger charge is -2.09. The standard InChI is InChI=1S/C13H15Cl2N5O2S/c1-3-4-20-12(22)18-19-13(20)23-6-9(21)17-11-10(15)7(2)8(14)5-16-11/h5H,3-4,6H2,1-2H3,(H,18,22)(H,16,17,21). The molecule has 2 aromatic rings. The number of carbonyl (C=O) groups excluding carboxylic acids is 1. The molecule has 0 fully saturated rings. The van der Waals surface area contributed by atoms with Crippen LogP contribution in [0.15, 0.2) is 16.1 Å². The summed E-state index contributed by atoms with van der Waals surface area (Å²) in [5, 5.41) is 10.1. The van der Waals surface area contributed by atoms with Crippen molar-refractivity contribution in [3.8, 4) is 0 Å². The summed E-state index contributed by atoms with van der Waals surface area (Å²) in [6.07, 6.45) is 2.22. The van der Waals surface area contributed by atoms with Gasteiger partial charge in [0.15, 0.2) is 11.0 Å². The molecule has 2 N–H and O–H groups in total. The van der Waals surface area contributed by atoms with Gasteiger partial charge in [-0.05, 0) is 18.9 Å². The number of amides is 1. The van der Waals surface area contributed by atoms with Crippen LogP contribution in [0, 0.1) is 6.92 Å². The Bertz CT molecular complexity index is 774. The van der Waals surface area contributed by atoms with Gasteiger partial charge in [0.2, 0.25) is 5.91 Å². The minimum atomic E-state index is -0.301. The highest BCUT2D eigenvalue weighted by Gasteiger charge is 2.14. The predicted molar refractivity (Wildman–Crippen MR) is 91.5 cm³/mol. The maximum absolute atomic E-state index is 12.0. The molecular weight excluding hydrogens is 361 g/mol. The molecule has 0 bridgehead atoms. The second-order valence-corrected chi connectivity index (χ2v) is 6.42. The second-order valence-electron chi connectivity index (χ2n) is 4.69. The number of aromatic amines is 1. The number of nitrogens with one attached hydrogen (secondary N) is 2. The number of carbonyl (C=O) groups is 1. The molecule has 2 heterocycles. The maximum atomic E-state index is 12.0. The third-order valence-corrected chi connectivity index (χ3v) is 4.78. The van der Waals surface area contributed by atoms with E-state index in [0.29, 0.717) is 27.3 Å². The van der Waals surface area contributed by atoms with Crippen molar-refractivity contribution in [1.29, 1.82) is 0 Å². The Morgan fingerprint density at radius 2 is 2.22 bits per heavy atom. The fraction of sp³-hybridized carbons (Fsp3) is 0.385. The van der Waals surface area contributed by atoms with Gasteiger partial charge >= 0.3 is 5.69 Å². The summed E-state index contributed by atoms with van der Waals surface area (Å²) in [5.41, 5.74) is 0.364. The Morgan fingerprint density at radius 1 is 1.48 bits per heavy atom.